The molecule has 4 nitrogen and oxygen atoms in total. The van der Waals surface area contributed by atoms with Gasteiger partial charge in [0.15, 0.2) is 0 Å². The molecule has 126 valence electrons. The minimum atomic E-state index is -0.157. The number of aryl methyl sites for hydroxylation is 1. The second-order valence-corrected chi connectivity index (χ2v) is 7.10. The van der Waals surface area contributed by atoms with Crippen molar-refractivity contribution in [2.45, 2.75) is 13.5 Å². The number of benzene rings is 1. The summed E-state index contributed by atoms with van der Waals surface area (Å²) in [4.78, 5) is 14.5. The van der Waals surface area contributed by atoms with Crippen LogP contribution in [0.1, 0.15) is 16.9 Å². The molecule has 2 aromatic rings. The number of amides is 1. The van der Waals surface area contributed by atoms with Crippen LogP contribution < -0.4 is 5.32 Å². The normalized spacial score (nSPS) is 15.7. The van der Waals surface area contributed by atoms with Gasteiger partial charge in [-0.2, -0.15) is 11.8 Å². The molecule has 1 N–H and O–H groups in total. The first kappa shape index (κ1) is 16.9. The molecular weight excluding hydrogens is 320 g/mol. The van der Waals surface area contributed by atoms with Crippen LogP contribution in [0, 0.1) is 6.92 Å². The van der Waals surface area contributed by atoms with Crippen molar-refractivity contribution in [2.75, 3.05) is 29.9 Å². The molecule has 24 heavy (non-hydrogen) atoms. The van der Waals surface area contributed by atoms with Crippen LogP contribution in [0.3, 0.4) is 0 Å². The van der Waals surface area contributed by atoms with E-state index in [4.69, 9.17) is 4.42 Å². The number of anilines is 1. The van der Waals surface area contributed by atoms with Crippen LogP contribution in [0.4, 0.5) is 5.69 Å². The SMILES string of the molecule is Cc1cc(CN2CCSCC2)ccc1NC(=O)C=Cc1ccco1. The zero-order chi connectivity index (χ0) is 16.8. The van der Waals surface area contributed by atoms with E-state index in [1.165, 1.54) is 23.1 Å². The summed E-state index contributed by atoms with van der Waals surface area (Å²) in [5, 5.41) is 2.92. The van der Waals surface area contributed by atoms with Gasteiger partial charge in [-0.15, -0.1) is 0 Å². The molecule has 2 heterocycles. The van der Waals surface area contributed by atoms with Crippen molar-refractivity contribution in [3.63, 3.8) is 0 Å². The fourth-order valence-corrected chi connectivity index (χ4v) is 3.68. The van der Waals surface area contributed by atoms with Crippen LogP contribution in [-0.2, 0) is 11.3 Å². The lowest BCUT2D eigenvalue weighted by molar-refractivity contribution is -0.111. The minimum Gasteiger partial charge on any atom is -0.465 e. The van der Waals surface area contributed by atoms with Crippen molar-refractivity contribution in [2.24, 2.45) is 0 Å². The van der Waals surface area contributed by atoms with E-state index < -0.39 is 0 Å². The van der Waals surface area contributed by atoms with E-state index in [0.29, 0.717) is 5.76 Å². The lowest BCUT2D eigenvalue weighted by atomic mass is 10.1. The van der Waals surface area contributed by atoms with Gasteiger partial charge in [-0.3, -0.25) is 9.69 Å². The fourth-order valence-electron chi connectivity index (χ4n) is 2.70. The predicted octanol–water partition coefficient (Wildman–Crippen LogP) is 3.79. The van der Waals surface area contributed by atoms with E-state index in [1.54, 1.807) is 18.4 Å². The molecule has 0 spiro atoms. The molecule has 5 heteroatoms. The quantitative estimate of drug-likeness (QED) is 0.840. The van der Waals surface area contributed by atoms with E-state index in [1.807, 2.05) is 30.8 Å². The summed E-state index contributed by atoms with van der Waals surface area (Å²) in [6, 6.07) is 9.85. The number of hydrogen-bond donors (Lipinski definition) is 1. The molecule has 1 fully saturated rings. The summed E-state index contributed by atoms with van der Waals surface area (Å²) >= 11 is 2.02. The standard InChI is InChI=1S/C19H22N2O2S/c1-15-13-16(14-21-8-11-24-12-9-21)4-6-18(15)20-19(22)7-5-17-3-2-10-23-17/h2-7,10,13H,8-9,11-12,14H2,1H3,(H,20,22). The summed E-state index contributed by atoms with van der Waals surface area (Å²) in [6.07, 6.45) is 4.73. The number of thioether (sulfide) groups is 1. The Balaban J connectivity index is 1.58. The molecule has 0 radical (unpaired) electrons. The average molecular weight is 342 g/mol. The predicted molar refractivity (Wildman–Crippen MR) is 100 cm³/mol. The highest BCUT2D eigenvalue weighted by molar-refractivity contribution is 7.99. The molecule has 1 aromatic heterocycles. The topological polar surface area (TPSA) is 45.5 Å². The van der Waals surface area contributed by atoms with Crippen molar-refractivity contribution in [1.82, 2.24) is 4.90 Å². The zero-order valence-electron chi connectivity index (χ0n) is 13.8. The number of rotatable bonds is 5. The summed E-state index contributed by atoms with van der Waals surface area (Å²) in [7, 11) is 0. The van der Waals surface area contributed by atoms with Gasteiger partial charge in [0.25, 0.3) is 0 Å². The maximum Gasteiger partial charge on any atom is 0.248 e. The van der Waals surface area contributed by atoms with Crippen LogP contribution in [0.25, 0.3) is 6.08 Å². The number of hydrogen-bond acceptors (Lipinski definition) is 4. The zero-order valence-corrected chi connectivity index (χ0v) is 14.6. The number of nitrogens with zero attached hydrogens (tertiary/aromatic N) is 1. The maximum atomic E-state index is 12.0. The largest absolute Gasteiger partial charge is 0.465 e. The summed E-state index contributed by atoms with van der Waals surface area (Å²) in [5.41, 5.74) is 3.23. The summed E-state index contributed by atoms with van der Waals surface area (Å²) < 4.78 is 5.17. The molecule has 0 atom stereocenters. The number of nitrogens with one attached hydrogen (secondary N) is 1. The third-order valence-electron chi connectivity index (χ3n) is 4.00. The van der Waals surface area contributed by atoms with Crippen molar-refractivity contribution >= 4 is 29.4 Å². The molecule has 1 saturated heterocycles. The van der Waals surface area contributed by atoms with Crippen molar-refractivity contribution < 1.29 is 9.21 Å². The second-order valence-electron chi connectivity index (χ2n) is 5.88. The molecule has 1 aliphatic rings. The fraction of sp³-hybridized carbons (Fsp3) is 0.316. The van der Waals surface area contributed by atoms with Crippen LogP contribution in [0.2, 0.25) is 0 Å². The highest BCUT2D eigenvalue weighted by Gasteiger charge is 2.11. The summed E-state index contributed by atoms with van der Waals surface area (Å²) in [6.45, 7) is 5.31. The first-order valence-electron chi connectivity index (χ1n) is 8.13. The van der Waals surface area contributed by atoms with Gasteiger partial charge in [-0.05, 0) is 42.3 Å². The van der Waals surface area contributed by atoms with Crippen molar-refractivity contribution in [1.29, 1.82) is 0 Å². The van der Waals surface area contributed by atoms with Gasteiger partial charge >= 0.3 is 0 Å². The molecule has 1 amide bonds. The van der Waals surface area contributed by atoms with E-state index >= 15 is 0 Å². The van der Waals surface area contributed by atoms with E-state index in [9.17, 15) is 4.79 Å². The van der Waals surface area contributed by atoms with Crippen LogP contribution in [-0.4, -0.2) is 35.4 Å². The molecule has 3 rings (SSSR count). The Morgan fingerprint density at radius 3 is 2.88 bits per heavy atom. The lowest BCUT2D eigenvalue weighted by Gasteiger charge is -2.26. The molecule has 0 bridgehead atoms. The molecule has 1 aliphatic heterocycles. The summed E-state index contributed by atoms with van der Waals surface area (Å²) in [5.74, 6) is 2.94. The van der Waals surface area contributed by atoms with E-state index in [-0.39, 0.29) is 5.91 Å². The third-order valence-corrected chi connectivity index (χ3v) is 4.94. The number of carbonyl (C=O) groups is 1. The smallest absolute Gasteiger partial charge is 0.248 e. The van der Waals surface area contributed by atoms with Crippen molar-refractivity contribution in [3.8, 4) is 0 Å². The van der Waals surface area contributed by atoms with Crippen LogP contribution >= 0.6 is 11.8 Å². The molecule has 0 aliphatic carbocycles. The Bertz CT molecular complexity index is 704. The van der Waals surface area contributed by atoms with Gasteiger partial charge in [0, 0.05) is 42.9 Å². The number of furan rings is 1. The van der Waals surface area contributed by atoms with Crippen molar-refractivity contribution in [3.05, 3.63) is 59.6 Å². The minimum absolute atomic E-state index is 0.157. The van der Waals surface area contributed by atoms with Gasteiger partial charge < -0.3 is 9.73 Å². The van der Waals surface area contributed by atoms with Crippen LogP contribution in [0.15, 0.2) is 47.1 Å². The van der Waals surface area contributed by atoms with E-state index in [2.05, 4.69) is 22.3 Å². The monoisotopic (exact) mass is 342 g/mol. The molecule has 0 unspecified atom stereocenters. The lowest BCUT2D eigenvalue weighted by Crippen LogP contribution is -2.31. The molecule has 1 aromatic carbocycles. The van der Waals surface area contributed by atoms with E-state index in [0.717, 1.165) is 30.9 Å². The third kappa shape index (κ3) is 4.76. The highest BCUT2D eigenvalue weighted by Crippen LogP contribution is 2.19. The van der Waals surface area contributed by atoms with Gasteiger partial charge in [-0.25, -0.2) is 0 Å². The van der Waals surface area contributed by atoms with Crippen LogP contribution in [0.5, 0.6) is 0 Å². The Morgan fingerprint density at radius 1 is 1.33 bits per heavy atom. The van der Waals surface area contributed by atoms with Gasteiger partial charge in [0.1, 0.15) is 5.76 Å². The molecular formula is C19H22N2O2S. The van der Waals surface area contributed by atoms with Gasteiger partial charge in [0.05, 0.1) is 6.26 Å². The first-order valence-corrected chi connectivity index (χ1v) is 9.28. The maximum absolute atomic E-state index is 12.0. The Kier molecular flexibility index (Phi) is 5.77. The Labute approximate surface area is 146 Å². The molecule has 0 saturated carbocycles. The highest BCUT2D eigenvalue weighted by atomic mass is 32.2. The Morgan fingerprint density at radius 2 is 2.17 bits per heavy atom. The average Bonchev–Trinajstić information content (AvgIpc) is 3.10. The number of carbonyl (C=O) groups excluding carboxylic acids is 1. The van der Waals surface area contributed by atoms with Gasteiger partial charge in [-0.1, -0.05) is 12.1 Å². The first-order chi connectivity index (χ1) is 11.7. The van der Waals surface area contributed by atoms with Gasteiger partial charge in [0.2, 0.25) is 5.91 Å². The second kappa shape index (κ2) is 8.22. The Hall–Kier alpha value is -1.98.